The van der Waals surface area contributed by atoms with Crippen molar-refractivity contribution >= 4 is 6.03 Å². The third kappa shape index (κ3) is 4.33. The fraction of sp³-hybridized carbons (Fsp3) is 0.368. The summed E-state index contributed by atoms with van der Waals surface area (Å²) in [5.74, 6) is -0.313. The number of rotatable bonds is 6. The lowest BCUT2D eigenvalue weighted by Crippen LogP contribution is -2.40. The van der Waals surface area contributed by atoms with Gasteiger partial charge in [0.25, 0.3) is 0 Å². The normalized spacial score (nSPS) is 17.0. The van der Waals surface area contributed by atoms with Gasteiger partial charge in [-0.3, -0.25) is 4.98 Å². The summed E-state index contributed by atoms with van der Waals surface area (Å²) in [5.41, 5.74) is 2.42. The van der Waals surface area contributed by atoms with Crippen molar-refractivity contribution in [3.8, 4) is 0 Å². The van der Waals surface area contributed by atoms with Crippen LogP contribution >= 0.6 is 0 Å². The molecular weight excluding hydrogens is 321 g/mol. The molecule has 132 valence electrons. The van der Waals surface area contributed by atoms with Crippen LogP contribution in [-0.2, 0) is 12.8 Å². The summed E-state index contributed by atoms with van der Waals surface area (Å²) in [6, 6.07) is 10.1. The Morgan fingerprint density at radius 3 is 2.96 bits per heavy atom. The van der Waals surface area contributed by atoms with Crippen LogP contribution in [-0.4, -0.2) is 29.3 Å². The van der Waals surface area contributed by atoms with Crippen molar-refractivity contribution in [2.75, 3.05) is 13.2 Å². The van der Waals surface area contributed by atoms with Gasteiger partial charge in [-0.25, -0.2) is 9.18 Å². The Morgan fingerprint density at radius 2 is 2.20 bits per heavy atom. The van der Waals surface area contributed by atoms with Crippen molar-refractivity contribution in [1.29, 1.82) is 0 Å². The third-order valence-corrected chi connectivity index (χ3v) is 4.55. The van der Waals surface area contributed by atoms with Gasteiger partial charge < -0.3 is 15.7 Å². The molecule has 3 N–H and O–H groups in total. The zero-order valence-electron chi connectivity index (χ0n) is 13.9. The van der Waals surface area contributed by atoms with Gasteiger partial charge in [0.1, 0.15) is 5.82 Å². The van der Waals surface area contributed by atoms with E-state index in [0.29, 0.717) is 31.4 Å². The maximum atomic E-state index is 13.7. The van der Waals surface area contributed by atoms with Crippen molar-refractivity contribution < 1.29 is 14.3 Å². The van der Waals surface area contributed by atoms with Gasteiger partial charge in [-0.15, -0.1) is 0 Å². The first-order chi connectivity index (χ1) is 12.2. The number of benzene rings is 1. The second kappa shape index (κ2) is 8.07. The first-order valence-electron chi connectivity index (χ1n) is 8.49. The number of aliphatic hydroxyl groups excluding tert-OH is 1. The summed E-state index contributed by atoms with van der Waals surface area (Å²) in [6.07, 6.45) is 3.63. The van der Waals surface area contributed by atoms with Gasteiger partial charge in [0.05, 0.1) is 6.04 Å². The van der Waals surface area contributed by atoms with E-state index in [4.69, 9.17) is 0 Å². The number of carbonyl (C=O) groups is 1. The minimum absolute atomic E-state index is 0.0334. The Hall–Kier alpha value is -2.47. The number of pyridine rings is 1. The molecule has 1 aliphatic rings. The zero-order chi connectivity index (χ0) is 17.6. The van der Waals surface area contributed by atoms with Crippen molar-refractivity contribution in [3.05, 3.63) is 65.2 Å². The van der Waals surface area contributed by atoms with Crippen LogP contribution in [0.1, 0.15) is 29.3 Å². The highest BCUT2D eigenvalue weighted by molar-refractivity contribution is 5.74. The molecule has 0 fully saturated rings. The summed E-state index contributed by atoms with van der Waals surface area (Å²) >= 11 is 0. The van der Waals surface area contributed by atoms with Gasteiger partial charge in [0.15, 0.2) is 0 Å². The minimum atomic E-state index is -0.304. The standard InChI is InChI=1S/C19H22FN3O2/c20-17-6-3-5-16-15(17)7-8-18(16)23-19(25)22-11-13(12-24)10-14-4-1-2-9-21-14/h1-6,9,13,18,24H,7-8,10-12H2,(H2,22,23,25)/t13-,18+/m0/s1. The van der Waals surface area contributed by atoms with Crippen LogP contribution in [0.3, 0.4) is 0 Å². The van der Waals surface area contributed by atoms with Crippen LogP contribution in [0.5, 0.6) is 0 Å². The highest BCUT2D eigenvalue weighted by Crippen LogP contribution is 2.32. The topological polar surface area (TPSA) is 74.2 Å². The lowest BCUT2D eigenvalue weighted by atomic mass is 10.0. The summed E-state index contributed by atoms with van der Waals surface area (Å²) in [6.45, 7) is 0.315. The van der Waals surface area contributed by atoms with Crippen molar-refractivity contribution in [1.82, 2.24) is 15.6 Å². The van der Waals surface area contributed by atoms with E-state index in [0.717, 1.165) is 11.3 Å². The lowest BCUT2D eigenvalue weighted by molar-refractivity contribution is 0.212. The van der Waals surface area contributed by atoms with E-state index in [1.807, 2.05) is 24.3 Å². The zero-order valence-corrected chi connectivity index (χ0v) is 13.9. The van der Waals surface area contributed by atoms with Crippen molar-refractivity contribution in [3.63, 3.8) is 0 Å². The Bertz CT molecular complexity index is 724. The molecule has 0 radical (unpaired) electrons. The van der Waals surface area contributed by atoms with E-state index in [1.54, 1.807) is 12.3 Å². The number of aromatic nitrogens is 1. The Balaban J connectivity index is 1.51. The number of nitrogens with one attached hydrogen (secondary N) is 2. The maximum Gasteiger partial charge on any atom is 0.315 e. The molecule has 1 aromatic heterocycles. The number of halogens is 1. The number of hydrogen-bond acceptors (Lipinski definition) is 3. The maximum absolute atomic E-state index is 13.7. The van der Waals surface area contributed by atoms with E-state index in [1.165, 1.54) is 6.07 Å². The fourth-order valence-electron chi connectivity index (χ4n) is 3.22. The first-order valence-corrected chi connectivity index (χ1v) is 8.49. The molecule has 3 rings (SSSR count). The molecule has 5 nitrogen and oxygen atoms in total. The highest BCUT2D eigenvalue weighted by atomic mass is 19.1. The van der Waals surface area contributed by atoms with Crippen LogP contribution in [0.15, 0.2) is 42.6 Å². The second-order valence-corrected chi connectivity index (χ2v) is 6.33. The number of amides is 2. The van der Waals surface area contributed by atoms with Crippen molar-refractivity contribution in [2.24, 2.45) is 5.92 Å². The average molecular weight is 343 g/mol. The molecule has 2 aromatic rings. The largest absolute Gasteiger partial charge is 0.396 e. The van der Waals surface area contributed by atoms with Gasteiger partial charge in [0.2, 0.25) is 0 Å². The van der Waals surface area contributed by atoms with Crippen LogP contribution in [0.4, 0.5) is 9.18 Å². The number of fused-ring (bicyclic) bond motifs is 1. The molecule has 2 amide bonds. The summed E-state index contributed by atoms with van der Waals surface area (Å²) in [5, 5.41) is 15.2. The summed E-state index contributed by atoms with van der Waals surface area (Å²) in [4.78, 5) is 16.4. The number of hydrogen-bond donors (Lipinski definition) is 3. The molecular formula is C19H22FN3O2. The molecule has 0 spiro atoms. The Labute approximate surface area is 146 Å². The predicted octanol–water partition coefficient (Wildman–Crippen LogP) is 2.36. The van der Waals surface area contributed by atoms with E-state index < -0.39 is 0 Å². The van der Waals surface area contributed by atoms with E-state index in [2.05, 4.69) is 15.6 Å². The summed E-state index contributed by atoms with van der Waals surface area (Å²) < 4.78 is 13.7. The van der Waals surface area contributed by atoms with Crippen LogP contribution in [0.2, 0.25) is 0 Å². The average Bonchev–Trinajstić information content (AvgIpc) is 3.04. The van der Waals surface area contributed by atoms with Gasteiger partial charge in [-0.05, 0) is 48.6 Å². The molecule has 2 atom stereocenters. The van der Waals surface area contributed by atoms with Gasteiger partial charge in [-0.1, -0.05) is 18.2 Å². The molecule has 1 aliphatic carbocycles. The number of nitrogens with zero attached hydrogens (tertiary/aromatic N) is 1. The molecule has 6 heteroatoms. The SMILES string of the molecule is O=C(NC[C@@H](CO)Cc1ccccn1)N[C@@H]1CCc2c(F)cccc21. The molecule has 25 heavy (non-hydrogen) atoms. The number of urea groups is 1. The number of aliphatic hydroxyl groups is 1. The molecule has 1 heterocycles. The predicted molar refractivity (Wildman–Crippen MR) is 92.5 cm³/mol. The molecule has 0 bridgehead atoms. The fourth-order valence-corrected chi connectivity index (χ4v) is 3.22. The summed E-state index contributed by atoms with van der Waals surface area (Å²) in [7, 11) is 0. The number of carbonyl (C=O) groups excluding carboxylic acids is 1. The quantitative estimate of drug-likeness (QED) is 0.754. The third-order valence-electron chi connectivity index (χ3n) is 4.55. The monoisotopic (exact) mass is 343 g/mol. The Kier molecular flexibility index (Phi) is 5.60. The van der Waals surface area contributed by atoms with E-state index in [-0.39, 0.29) is 30.4 Å². The van der Waals surface area contributed by atoms with Crippen LogP contribution in [0.25, 0.3) is 0 Å². The highest BCUT2D eigenvalue weighted by Gasteiger charge is 2.26. The van der Waals surface area contributed by atoms with Gasteiger partial charge >= 0.3 is 6.03 Å². The van der Waals surface area contributed by atoms with E-state index >= 15 is 0 Å². The molecule has 0 saturated carbocycles. The first kappa shape index (κ1) is 17.4. The molecule has 0 aliphatic heterocycles. The molecule has 1 aromatic carbocycles. The minimum Gasteiger partial charge on any atom is -0.396 e. The van der Waals surface area contributed by atoms with Gasteiger partial charge in [-0.2, -0.15) is 0 Å². The van der Waals surface area contributed by atoms with Crippen LogP contribution < -0.4 is 10.6 Å². The van der Waals surface area contributed by atoms with Crippen molar-refractivity contribution in [2.45, 2.75) is 25.3 Å². The second-order valence-electron chi connectivity index (χ2n) is 6.33. The van der Waals surface area contributed by atoms with Crippen LogP contribution in [0, 0.1) is 11.7 Å². The van der Waals surface area contributed by atoms with Gasteiger partial charge in [0, 0.05) is 31.0 Å². The lowest BCUT2D eigenvalue weighted by Gasteiger charge is -2.18. The van der Waals surface area contributed by atoms with E-state index in [9.17, 15) is 14.3 Å². The molecule has 0 unspecified atom stereocenters. The Morgan fingerprint density at radius 1 is 1.32 bits per heavy atom. The smallest absolute Gasteiger partial charge is 0.315 e. The molecule has 0 saturated heterocycles.